The number of para-hydroxylation sites is 1. The first kappa shape index (κ1) is 18.4. The van der Waals surface area contributed by atoms with Crippen molar-refractivity contribution < 1.29 is 9.59 Å². The molecule has 0 aliphatic heterocycles. The summed E-state index contributed by atoms with van der Waals surface area (Å²) in [5.41, 5.74) is 1.65. The number of anilines is 1. The largest absolute Gasteiger partial charge is 0.319 e. The summed E-state index contributed by atoms with van der Waals surface area (Å²) in [5, 5.41) is 5.78. The van der Waals surface area contributed by atoms with E-state index in [0.29, 0.717) is 21.8 Å². The van der Waals surface area contributed by atoms with Crippen LogP contribution >= 0.6 is 11.6 Å². The molecule has 0 saturated carbocycles. The number of rotatable bonds is 5. The molecule has 0 aliphatic carbocycles. The molecule has 0 atom stereocenters. The second kappa shape index (κ2) is 8.78. The first-order valence-corrected chi connectivity index (χ1v) is 8.55. The van der Waals surface area contributed by atoms with Crippen LogP contribution in [-0.2, 0) is 4.79 Å². The maximum Gasteiger partial charge on any atom is 0.272 e. The van der Waals surface area contributed by atoms with Crippen LogP contribution < -0.4 is 10.6 Å². The lowest BCUT2D eigenvalue weighted by Crippen LogP contribution is -2.30. The van der Waals surface area contributed by atoms with E-state index in [9.17, 15) is 9.59 Å². The quantitative estimate of drug-likeness (QED) is 0.656. The van der Waals surface area contributed by atoms with E-state index in [4.69, 9.17) is 11.6 Å². The van der Waals surface area contributed by atoms with Crippen molar-refractivity contribution in [3.05, 3.63) is 101 Å². The predicted octanol–water partition coefficient (Wildman–Crippen LogP) is 4.14. The lowest BCUT2D eigenvalue weighted by atomic mass is 10.2. The van der Waals surface area contributed by atoms with E-state index in [-0.39, 0.29) is 11.6 Å². The highest BCUT2D eigenvalue weighted by Gasteiger charge is 2.15. The third kappa shape index (κ3) is 5.03. The van der Waals surface area contributed by atoms with Crippen LogP contribution in [0.25, 0.3) is 6.08 Å². The molecular weight excluding hydrogens is 362 g/mol. The molecule has 5 nitrogen and oxygen atoms in total. The Hall–Kier alpha value is -3.44. The highest BCUT2D eigenvalue weighted by molar-refractivity contribution is 6.34. The molecule has 6 heteroatoms. The van der Waals surface area contributed by atoms with Crippen molar-refractivity contribution in [2.75, 3.05) is 5.32 Å². The highest BCUT2D eigenvalue weighted by atomic mass is 35.5. The number of amides is 2. The third-order valence-electron chi connectivity index (χ3n) is 3.65. The Morgan fingerprint density at radius 3 is 2.37 bits per heavy atom. The first-order chi connectivity index (χ1) is 13.1. The average Bonchev–Trinajstić information content (AvgIpc) is 2.70. The molecule has 0 bridgehead atoms. The number of nitrogens with one attached hydrogen (secondary N) is 2. The first-order valence-electron chi connectivity index (χ1n) is 8.17. The van der Waals surface area contributed by atoms with Gasteiger partial charge in [0.1, 0.15) is 5.70 Å². The fourth-order valence-corrected chi connectivity index (χ4v) is 2.51. The molecule has 27 heavy (non-hydrogen) atoms. The molecule has 3 rings (SSSR count). The Balaban J connectivity index is 1.88. The Morgan fingerprint density at radius 1 is 0.926 bits per heavy atom. The van der Waals surface area contributed by atoms with Gasteiger partial charge in [-0.05, 0) is 42.0 Å². The van der Waals surface area contributed by atoms with Gasteiger partial charge in [0, 0.05) is 18.0 Å². The number of hydrogen-bond donors (Lipinski definition) is 2. The molecule has 0 saturated heterocycles. The molecule has 0 radical (unpaired) electrons. The van der Waals surface area contributed by atoms with Crippen LogP contribution in [0.5, 0.6) is 0 Å². The average molecular weight is 378 g/mol. The predicted molar refractivity (Wildman–Crippen MR) is 106 cm³/mol. The Kier molecular flexibility index (Phi) is 5.97. The van der Waals surface area contributed by atoms with Gasteiger partial charge in [0.2, 0.25) is 0 Å². The number of aromatic nitrogens is 1. The number of hydrogen-bond acceptors (Lipinski definition) is 3. The van der Waals surface area contributed by atoms with Crippen molar-refractivity contribution in [3.8, 4) is 0 Å². The number of carbonyl (C=O) groups is 2. The van der Waals surface area contributed by atoms with Gasteiger partial charge in [-0.25, -0.2) is 0 Å². The molecule has 1 heterocycles. The normalized spacial score (nSPS) is 10.9. The molecule has 134 valence electrons. The fourth-order valence-electron chi connectivity index (χ4n) is 2.32. The summed E-state index contributed by atoms with van der Waals surface area (Å²) in [6.45, 7) is 0. The zero-order valence-electron chi connectivity index (χ0n) is 14.2. The SMILES string of the molecule is O=C(Nc1ccccc1Cl)/C(=C/c1cccnc1)NC(=O)c1ccccc1. The van der Waals surface area contributed by atoms with E-state index in [2.05, 4.69) is 15.6 Å². The van der Waals surface area contributed by atoms with Crippen molar-refractivity contribution in [2.24, 2.45) is 0 Å². The van der Waals surface area contributed by atoms with Crippen molar-refractivity contribution >= 4 is 35.2 Å². The van der Waals surface area contributed by atoms with Gasteiger partial charge in [0.15, 0.2) is 0 Å². The third-order valence-corrected chi connectivity index (χ3v) is 3.98. The van der Waals surface area contributed by atoms with Crippen LogP contribution in [0.2, 0.25) is 5.02 Å². The van der Waals surface area contributed by atoms with Gasteiger partial charge in [-0.2, -0.15) is 0 Å². The van der Waals surface area contributed by atoms with Crippen LogP contribution in [0.4, 0.5) is 5.69 Å². The Labute approximate surface area is 161 Å². The molecular formula is C21H16ClN3O2. The van der Waals surface area contributed by atoms with Crippen molar-refractivity contribution in [1.82, 2.24) is 10.3 Å². The van der Waals surface area contributed by atoms with Crippen molar-refractivity contribution in [1.29, 1.82) is 0 Å². The van der Waals surface area contributed by atoms with Crippen LogP contribution in [0.1, 0.15) is 15.9 Å². The minimum Gasteiger partial charge on any atom is -0.319 e. The van der Waals surface area contributed by atoms with Gasteiger partial charge in [0.05, 0.1) is 10.7 Å². The van der Waals surface area contributed by atoms with Gasteiger partial charge >= 0.3 is 0 Å². The summed E-state index contributed by atoms with van der Waals surface area (Å²) in [7, 11) is 0. The van der Waals surface area contributed by atoms with Crippen LogP contribution in [-0.4, -0.2) is 16.8 Å². The number of nitrogens with zero attached hydrogens (tertiary/aromatic N) is 1. The molecule has 0 fully saturated rings. The minimum absolute atomic E-state index is 0.0803. The highest BCUT2D eigenvalue weighted by Crippen LogP contribution is 2.21. The van der Waals surface area contributed by atoms with Gasteiger partial charge in [-0.15, -0.1) is 0 Å². The van der Waals surface area contributed by atoms with E-state index < -0.39 is 5.91 Å². The molecule has 0 unspecified atom stereocenters. The Bertz CT molecular complexity index is 973. The summed E-state index contributed by atoms with van der Waals surface area (Å²) in [6, 6.07) is 19.1. The molecule has 1 aromatic heterocycles. The second-order valence-corrected chi connectivity index (χ2v) is 6.01. The second-order valence-electron chi connectivity index (χ2n) is 5.60. The van der Waals surface area contributed by atoms with Gasteiger partial charge in [0.25, 0.3) is 11.8 Å². The van der Waals surface area contributed by atoms with E-state index in [1.165, 1.54) is 0 Å². The van der Waals surface area contributed by atoms with Crippen molar-refractivity contribution in [3.63, 3.8) is 0 Å². The maximum absolute atomic E-state index is 12.8. The van der Waals surface area contributed by atoms with Gasteiger partial charge in [-0.1, -0.05) is 48.0 Å². The van der Waals surface area contributed by atoms with E-state index in [1.807, 2.05) is 6.07 Å². The van der Waals surface area contributed by atoms with E-state index in [0.717, 1.165) is 0 Å². The molecule has 3 aromatic rings. The maximum atomic E-state index is 12.8. The topological polar surface area (TPSA) is 71.1 Å². The number of benzene rings is 2. The summed E-state index contributed by atoms with van der Waals surface area (Å²) in [5.74, 6) is -0.878. The molecule has 2 N–H and O–H groups in total. The zero-order chi connectivity index (χ0) is 19.1. The smallest absolute Gasteiger partial charge is 0.272 e. The standard InChI is InChI=1S/C21H16ClN3O2/c22-17-10-4-5-11-18(17)24-21(27)19(13-15-7-6-12-23-14-15)25-20(26)16-8-2-1-3-9-16/h1-14H,(H,24,27)(H,25,26)/b19-13-. The summed E-state index contributed by atoms with van der Waals surface area (Å²) < 4.78 is 0. The van der Waals surface area contributed by atoms with Gasteiger partial charge < -0.3 is 10.6 Å². The van der Waals surface area contributed by atoms with E-state index >= 15 is 0 Å². The monoisotopic (exact) mass is 377 g/mol. The number of carbonyl (C=O) groups excluding carboxylic acids is 2. The number of halogens is 1. The number of pyridine rings is 1. The van der Waals surface area contributed by atoms with Crippen LogP contribution in [0, 0.1) is 0 Å². The molecule has 0 aliphatic rings. The molecule has 2 aromatic carbocycles. The summed E-state index contributed by atoms with van der Waals surface area (Å²) in [4.78, 5) is 29.3. The summed E-state index contributed by atoms with van der Waals surface area (Å²) >= 11 is 6.10. The van der Waals surface area contributed by atoms with Crippen molar-refractivity contribution in [2.45, 2.75) is 0 Å². The molecule has 2 amide bonds. The Morgan fingerprint density at radius 2 is 1.67 bits per heavy atom. The van der Waals surface area contributed by atoms with Crippen LogP contribution in [0.3, 0.4) is 0 Å². The van der Waals surface area contributed by atoms with E-state index in [1.54, 1.807) is 79.1 Å². The fraction of sp³-hybridized carbons (Fsp3) is 0. The lowest BCUT2D eigenvalue weighted by molar-refractivity contribution is -0.113. The lowest BCUT2D eigenvalue weighted by Gasteiger charge is -2.12. The zero-order valence-corrected chi connectivity index (χ0v) is 15.0. The minimum atomic E-state index is -0.490. The van der Waals surface area contributed by atoms with Gasteiger partial charge in [-0.3, -0.25) is 14.6 Å². The summed E-state index contributed by atoms with van der Waals surface area (Å²) in [6.07, 6.45) is 4.78. The van der Waals surface area contributed by atoms with Crippen LogP contribution in [0.15, 0.2) is 84.8 Å². The molecule has 0 spiro atoms.